The molecule has 142 valence electrons. The molecule has 0 saturated heterocycles. The molecule has 0 atom stereocenters. The lowest BCUT2D eigenvalue weighted by molar-refractivity contribution is -0.123. The molecule has 2 amide bonds. The number of hydrogen-bond donors (Lipinski definition) is 2. The maximum absolute atomic E-state index is 12.4. The predicted molar refractivity (Wildman–Crippen MR) is 113 cm³/mol. The number of rotatable bonds is 5. The normalized spacial score (nSPS) is 10.6. The number of carbonyl (C=O) groups excluding carboxylic acids is 2. The molecular weight excluding hydrogens is 364 g/mol. The summed E-state index contributed by atoms with van der Waals surface area (Å²) in [6.45, 7) is -0.129. The van der Waals surface area contributed by atoms with Crippen LogP contribution in [0.1, 0.15) is 11.1 Å². The number of hydrogen-bond acceptors (Lipinski definition) is 3. The molecule has 4 aromatic rings. The van der Waals surface area contributed by atoms with Gasteiger partial charge in [0.05, 0.1) is 19.2 Å². The number of fused-ring (bicyclic) bond motifs is 3. The highest BCUT2D eigenvalue weighted by Crippen LogP contribution is 2.30. The van der Waals surface area contributed by atoms with Crippen LogP contribution in [0.4, 0.5) is 5.69 Å². The second kappa shape index (κ2) is 7.91. The van der Waals surface area contributed by atoms with Gasteiger partial charge < -0.3 is 15.1 Å². The molecule has 1 heterocycles. The van der Waals surface area contributed by atoms with E-state index in [4.69, 9.17) is 10.8 Å². The molecule has 2 N–H and O–H groups in total. The largest absolute Gasteiger partial charge is 0.464 e. The smallest absolute Gasteiger partial charge is 0.243 e. The molecule has 3 aromatic carbocycles. The van der Waals surface area contributed by atoms with Crippen LogP contribution in [0.25, 0.3) is 21.7 Å². The second-order valence-electron chi connectivity index (χ2n) is 6.65. The molecule has 0 radical (unpaired) electrons. The van der Waals surface area contributed by atoms with Crippen LogP contribution in [0.3, 0.4) is 0 Å². The van der Waals surface area contributed by atoms with E-state index in [2.05, 4.69) is 16.6 Å². The number of amides is 2. The predicted octanol–water partition coefficient (Wildman–Crippen LogP) is 3.86. The Kier molecular flexibility index (Phi) is 5.00. The van der Waals surface area contributed by atoms with E-state index >= 15 is 0 Å². The van der Waals surface area contributed by atoms with Gasteiger partial charge in [-0.3, -0.25) is 9.59 Å². The molecule has 1 aromatic heterocycles. The second-order valence-corrected chi connectivity index (χ2v) is 6.65. The van der Waals surface area contributed by atoms with E-state index < -0.39 is 0 Å². The van der Waals surface area contributed by atoms with Crippen LogP contribution in [-0.2, 0) is 16.0 Å². The number of carbonyl (C=O) groups is 2. The topological polar surface area (TPSA) is 71.3 Å². The van der Waals surface area contributed by atoms with E-state index in [0.29, 0.717) is 11.3 Å². The van der Waals surface area contributed by atoms with Crippen LogP contribution in [0.15, 0.2) is 71.3 Å². The zero-order valence-electron chi connectivity index (χ0n) is 15.6. The minimum atomic E-state index is -0.324. The molecule has 29 heavy (non-hydrogen) atoms. The highest BCUT2D eigenvalue weighted by atomic mass is 16.3. The Hall–Kier alpha value is -4.04. The number of benzene rings is 3. The quantitative estimate of drug-likeness (QED) is 0.515. The molecule has 0 fully saturated rings. The van der Waals surface area contributed by atoms with Gasteiger partial charge in [-0.1, -0.05) is 42.3 Å². The minimum absolute atomic E-state index is 0.126. The molecule has 0 aliphatic carbocycles. The first-order chi connectivity index (χ1) is 14.1. The van der Waals surface area contributed by atoms with Crippen molar-refractivity contribution in [1.29, 1.82) is 0 Å². The summed E-state index contributed by atoms with van der Waals surface area (Å²) in [6.07, 6.45) is 7.08. The third-order valence-corrected chi connectivity index (χ3v) is 4.65. The number of terminal acetylenes is 1. The van der Waals surface area contributed by atoms with Gasteiger partial charge in [0.15, 0.2) is 0 Å². The summed E-state index contributed by atoms with van der Waals surface area (Å²) >= 11 is 0. The standard InChI is InChI=1S/C24H18N2O3/c1-2-16-6-5-8-19(12-16)26-23(28)14-25-22(27)13-18-15-29-21-11-10-17-7-3-4-9-20(17)24(18)21/h1,3-12,15H,13-14H2,(H,25,27)(H,26,28). The number of furan rings is 1. The van der Waals surface area contributed by atoms with Crippen molar-refractivity contribution in [3.8, 4) is 12.3 Å². The summed E-state index contributed by atoms with van der Waals surface area (Å²) in [5, 5.41) is 8.41. The molecule has 0 aliphatic heterocycles. The lowest BCUT2D eigenvalue weighted by Crippen LogP contribution is -2.33. The van der Waals surface area contributed by atoms with Gasteiger partial charge in [-0.25, -0.2) is 0 Å². The molecule has 5 heteroatoms. The molecule has 5 nitrogen and oxygen atoms in total. The van der Waals surface area contributed by atoms with Crippen molar-refractivity contribution in [1.82, 2.24) is 5.32 Å². The van der Waals surface area contributed by atoms with Crippen molar-refractivity contribution in [3.05, 3.63) is 78.1 Å². The number of nitrogens with one attached hydrogen (secondary N) is 2. The Balaban J connectivity index is 1.42. The van der Waals surface area contributed by atoms with Crippen molar-refractivity contribution in [2.75, 3.05) is 11.9 Å². The Morgan fingerprint density at radius 1 is 1.00 bits per heavy atom. The van der Waals surface area contributed by atoms with Crippen LogP contribution in [-0.4, -0.2) is 18.4 Å². The molecule has 0 spiro atoms. The summed E-state index contributed by atoms with van der Waals surface area (Å²) in [5.74, 6) is 1.93. The molecular formula is C24H18N2O3. The summed E-state index contributed by atoms with van der Waals surface area (Å²) in [6, 6.07) is 18.8. The van der Waals surface area contributed by atoms with Crippen molar-refractivity contribution in [2.24, 2.45) is 0 Å². The Morgan fingerprint density at radius 2 is 1.86 bits per heavy atom. The van der Waals surface area contributed by atoms with Gasteiger partial charge in [-0.15, -0.1) is 6.42 Å². The summed E-state index contributed by atoms with van der Waals surface area (Å²) in [4.78, 5) is 24.5. The summed E-state index contributed by atoms with van der Waals surface area (Å²) in [5.41, 5.74) is 2.78. The fourth-order valence-corrected chi connectivity index (χ4v) is 3.31. The third kappa shape index (κ3) is 3.97. The highest BCUT2D eigenvalue weighted by molar-refractivity contribution is 6.08. The maximum atomic E-state index is 12.4. The van der Waals surface area contributed by atoms with Gasteiger partial charge in [0.1, 0.15) is 5.58 Å². The Labute approximate surface area is 167 Å². The van der Waals surface area contributed by atoms with Gasteiger partial charge >= 0.3 is 0 Å². The van der Waals surface area contributed by atoms with E-state index in [1.807, 2.05) is 36.4 Å². The maximum Gasteiger partial charge on any atom is 0.243 e. The van der Waals surface area contributed by atoms with Gasteiger partial charge in [-0.2, -0.15) is 0 Å². The average molecular weight is 382 g/mol. The highest BCUT2D eigenvalue weighted by Gasteiger charge is 2.14. The van der Waals surface area contributed by atoms with Gasteiger partial charge in [0.25, 0.3) is 0 Å². The fraction of sp³-hybridized carbons (Fsp3) is 0.0833. The van der Waals surface area contributed by atoms with Crippen LogP contribution >= 0.6 is 0 Å². The van der Waals surface area contributed by atoms with Gasteiger partial charge in [0.2, 0.25) is 11.8 Å². The zero-order chi connectivity index (χ0) is 20.2. The van der Waals surface area contributed by atoms with E-state index in [1.165, 1.54) is 0 Å². The van der Waals surface area contributed by atoms with Gasteiger partial charge in [-0.05, 0) is 35.0 Å². The average Bonchev–Trinajstić information content (AvgIpc) is 3.15. The lowest BCUT2D eigenvalue weighted by Gasteiger charge is -2.07. The Morgan fingerprint density at radius 3 is 2.72 bits per heavy atom. The van der Waals surface area contributed by atoms with Crippen molar-refractivity contribution in [2.45, 2.75) is 6.42 Å². The van der Waals surface area contributed by atoms with E-state index in [9.17, 15) is 9.59 Å². The van der Waals surface area contributed by atoms with E-state index in [-0.39, 0.29) is 24.8 Å². The molecule has 0 aliphatic rings. The van der Waals surface area contributed by atoms with Crippen molar-refractivity contribution in [3.63, 3.8) is 0 Å². The molecule has 0 saturated carbocycles. The Bertz CT molecular complexity index is 1260. The summed E-state index contributed by atoms with van der Waals surface area (Å²) in [7, 11) is 0. The zero-order valence-corrected chi connectivity index (χ0v) is 15.6. The summed E-state index contributed by atoms with van der Waals surface area (Å²) < 4.78 is 5.61. The fourth-order valence-electron chi connectivity index (χ4n) is 3.31. The van der Waals surface area contributed by atoms with E-state index in [1.54, 1.807) is 30.5 Å². The van der Waals surface area contributed by atoms with Gasteiger partial charge in [0, 0.05) is 22.2 Å². The first kappa shape index (κ1) is 18.3. The van der Waals surface area contributed by atoms with Crippen LogP contribution in [0.5, 0.6) is 0 Å². The molecule has 0 bridgehead atoms. The third-order valence-electron chi connectivity index (χ3n) is 4.65. The lowest BCUT2D eigenvalue weighted by atomic mass is 10.0. The van der Waals surface area contributed by atoms with Crippen LogP contribution in [0, 0.1) is 12.3 Å². The number of anilines is 1. The van der Waals surface area contributed by atoms with Crippen LogP contribution < -0.4 is 10.6 Å². The van der Waals surface area contributed by atoms with Crippen LogP contribution in [0.2, 0.25) is 0 Å². The monoisotopic (exact) mass is 382 g/mol. The SMILES string of the molecule is C#Cc1cccc(NC(=O)CNC(=O)Cc2coc3ccc4ccccc4c23)c1. The first-order valence-corrected chi connectivity index (χ1v) is 9.15. The van der Waals surface area contributed by atoms with E-state index in [0.717, 1.165) is 27.3 Å². The van der Waals surface area contributed by atoms with Crippen molar-refractivity contribution < 1.29 is 14.0 Å². The first-order valence-electron chi connectivity index (χ1n) is 9.15. The molecule has 0 unspecified atom stereocenters. The minimum Gasteiger partial charge on any atom is -0.464 e. The molecule has 4 rings (SSSR count). The van der Waals surface area contributed by atoms with Crippen molar-refractivity contribution >= 4 is 39.2 Å².